The lowest BCUT2D eigenvalue weighted by molar-refractivity contribution is 0.108. The molecule has 106 valence electrons. The minimum Gasteiger partial charge on any atom is -0.481 e. The molecular weight excluding hydrogens is 256 g/mol. The van der Waals surface area contributed by atoms with Gasteiger partial charge >= 0.3 is 0 Å². The summed E-state index contributed by atoms with van der Waals surface area (Å²) in [6, 6.07) is 5.69. The van der Waals surface area contributed by atoms with E-state index in [1.807, 2.05) is 18.2 Å². The van der Waals surface area contributed by atoms with Crippen molar-refractivity contribution >= 4 is 16.7 Å². The highest BCUT2D eigenvalue weighted by molar-refractivity contribution is 5.88. The Balaban J connectivity index is 2.03. The average molecular weight is 274 g/mol. The highest BCUT2D eigenvalue weighted by atomic mass is 16.5. The van der Waals surface area contributed by atoms with E-state index in [9.17, 15) is 0 Å². The molecule has 0 saturated carbocycles. The SMILES string of the molecule is COc1ccc2nccc(N3C[C@H](N)[C@H](OC)C3)c2n1. The summed E-state index contributed by atoms with van der Waals surface area (Å²) in [5.41, 5.74) is 8.78. The van der Waals surface area contributed by atoms with Gasteiger partial charge in [-0.2, -0.15) is 0 Å². The first-order valence-corrected chi connectivity index (χ1v) is 6.56. The number of fused-ring (bicyclic) bond motifs is 1. The molecule has 2 aromatic rings. The number of hydrogen-bond acceptors (Lipinski definition) is 6. The average Bonchev–Trinajstić information content (AvgIpc) is 2.87. The fraction of sp³-hybridized carbons (Fsp3) is 0.429. The number of nitrogens with zero attached hydrogens (tertiary/aromatic N) is 3. The fourth-order valence-electron chi connectivity index (χ4n) is 2.61. The molecule has 1 saturated heterocycles. The molecule has 1 aliphatic rings. The maximum Gasteiger partial charge on any atom is 0.213 e. The van der Waals surface area contributed by atoms with Crippen LogP contribution >= 0.6 is 0 Å². The highest BCUT2D eigenvalue weighted by Crippen LogP contribution is 2.28. The van der Waals surface area contributed by atoms with Gasteiger partial charge in [0.25, 0.3) is 0 Å². The Hall–Kier alpha value is -1.92. The molecule has 3 heterocycles. The number of hydrogen-bond donors (Lipinski definition) is 1. The second-order valence-corrected chi connectivity index (χ2v) is 4.89. The first-order chi connectivity index (χ1) is 9.72. The van der Waals surface area contributed by atoms with E-state index >= 15 is 0 Å². The van der Waals surface area contributed by atoms with Gasteiger partial charge in [0, 0.05) is 32.5 Å². The van der Waals surface area contributed by atoms with Gasteiger partial charge in [-0.05, 0) is 12.1 Å². The van der Waals surface area contributed by atoms with Crippen LogP contribution in [0, 0.1) is 0 Å². The first kappa shape index (κ1) is 13.1. The molecule has 1 fully saturated rings. The third-order valence-corrected chi connectivity index (χ3v) is 3.70. The van der Waals surface area contributed by atoms with E-state index in [0.29, 0.717) is 5.88 Å². The van der Waals surface area contributed by atoms with Gasteiger partial charge in [-0.25, -0.2) is 4.98 Å². The zero-order valence-corrected chi connectivity index (χ0v) is 11.6. The number of methoxy groups -OCH3 is 2. The maximum atomic E-state index is 6.09. The number of ether oxygens (including phenoxy) is 2. The molecule has 2 atom stereocenters. The minimum atomic E-state index is 0.00817. The predicted molar refractivity (Wildman–Crippen MR) is 77.1 cm³/mol. The molecule has 6 heteroatoms. The van der Waals surface area contributed by atoms with Crippen LogP contribution in [0.2, 0.25) is 0 Å². The molecule has 0 radical (unpaired) electrons. The van der Waals surface area contributed by atoms with Crippen molar-refractivity contribution in [2.45, 2.75) is 12.1 Å². The molecule has 0 amide bonds. The van der Waals surface area contributed by atoms with Crippen LogP contribution in [0.3, 0.4) is 0 Å². The molecule has 2 aromatic heterocycles. The normalized spacial score (nSPS) is 22.4. The van der Waals surface area contributed by atoms with Gasteiger partial charge in [0.1, 0.15) is 5.52 Å². The van der Waals surface area contributed by atoms with Crippen LogP contribution in [-0.2, 0) is 4.74 Å². The van der Waals surface area contributed by atoms with Crippen molar-refractivity contribution in [1.82, 2.24) is 9.97 Å². The van der Waals surface area contributed by atoms with Crippen molar-refractivity contribution in [2.24, 2.45) is 5.73 Å². The lowest BCUT2D eigenvalue weighted by Gasteiger charge is -2.19. The van der Waals surface area contributed by atoms with E-state index in [2.05, 4.69) is 14.9 Å². The lowest BCUT2D eigenvalue weighted by Crippen LogP contribution is -2.34. The van der Waals surface area contributed by atoms with Crippen LogP contribution in [0.1, 0.15) is 0 Å². The van der Waals surface area contributed by atoms with E-state index in [1.54, 1.807) is 20.4 Å². The van der Waals surface area contributed by atoms with Crippen molar-refractivity contribution in [3.8, 4) is 5.88 Å². The van der Waals surface area contributed by atoms with Gasteiger partial charge in [-0.15, -0.1) is 0 Å². The summed E-state index contributed by atoms with van der Waals surface area (Å²) < 4.78 is 10.6. The van der Waals surface area contributed by atoms with Crippen LogP contribution in [0.15, 0.2) is 24.4 Å². The molecule has 0 unspecified atom stereocenters. The van der Waals surface area contributed by atoms with Crippen molar-refractivity contribution in [2.75, 3.05) is 32.2 Å². The number of rotatable bonds is 3. The van der Waals surface area contributed by atoms with Gasteiger partial charge in [0.15, 0.2) is 0 Å². The van der Waals surface area contributed by atoms with E-state index in [4.69, 9.17) is 15.2 Å². The Morgan fingerprint density at radius 1 is 1.25 bits per heavy atom. The van der Waals surface area contributed by atoms with Gasteiger partial charge in [0.2, 0.25) is 5.88 Å². The fourth-order valence-corrected chi connectivity index (χ4v) is 2.61. The molecule has 2 N–H and O–H groups in total. The quantitative estimate of drug-likeness (QED) is 0.892. The van der Waals surface area contributed by atoms with Gasteiger partial charge in [-0.1, -0.05) is 0 Å². The Morgan fingerprint density at radius 3 is 2.80 bits per heavy atom. The van der Waals surface area contributed by atoms with Crippen LogP contribution < -0.4 is 15.4 Å². The Morgan fingerprint density at radius 2 is 2.10 bits per heavy atom. The summed E-state index contributed by atoms with van der Waals surface area (Å²) in [5.74, 6) is 0.582. The van der Waals surface area contributed by atoms with Crippen molar-refractivity contribution in [3.63, 3.8) is 0 Å². The predicted octanol–water partition coefficient (Wildman–Crippen LogP) is 0.801. The zero-order chi connectivity index (χ0) is 14.1. The van der Waals surface area contributed by atoms with Crippen LogP contribution in [0.25, 0.3) is 11.0 Å². The largest absolute Gasteiger partial charge is 0.481 e. The number of pyridine rings is 2. The minimum absolute atomic E-state index is 0.00817. The molecule has 1 aliphatic heterocycles. The monoisotopic (exact) mass is 274 g/mol. The summed E-state index contributed by atoms with van der Waals surface area (Å²) in [4.78, 5) is 11.0. The molecular formula is C14H18N4O2. The number of aromatic nitrogens is 2. The van der Waals surface area contributed by atoms with Crippen molar-refractivity contribution < 1.29 is 9.47 Å². The van der Waals surface area contributed by atoms with Crippen molar-refractivity contribution in [3.05, 3.63) is 24.4 Å². The Kier molecular flexibility index (Phi) is 3.42. The van der Waals surface area contributed by atoms with Crippen LogP contribution in [0.5, 0.6) is 5.88 Å². The smallest absolute Gasteiger partial charge is 0.213 e. The maximum absolute atomic E-state index is 6.09. The van der Waals surface area contributed by atoms with Gasteiger partial charge in [-0.3, -0.25) is 4.98 Å². The zero-order valence-electron chi connectivity index (χ0n) is 11.6. The number of anilines is 1. The van der Waals surface area contributed by atoms with E-state index in [1.165, 1.54) is 0 Å². The highest BCUT2D eigenvalue weighted by Gasteiger charge is 2.31. The van der Waals surface area contributed by atoms with Gasteiger partial charge in [0.05, 0.1) is 30.5 Å². The third kappa shape index (κ3) is 2.17. The topological polar surface area (TPSA) is 73.5 Å². The van der Waals surface area contributed by atoms with E-state index < -0.39 is 0 Å². The van der Waals surface area contributed by atoms with E-state index in [-0.39, 0.29) is 12.1 Å². The summed E-state index contributed by atoms with van der Waals surface area (Å²) in [7, 11) is 3.30. The third-order valence-electron chi connectivity index (χ3n) is 3.70. The number of nitrogens with two attached hydrogens (primary N) is 1. The van der Waals surface area contributed by atoms with Gasteiger partial charge < -0.3 is 20.1 Å². The standard InChI is InChI=1S/C14H18N4O2/c1-19-12-8-18(7-9(12)15)11-5-6-16-10-3-4-13(20-2)17-14(10)11/h3-6,9,12H,7-8,15H2,1-2H3/t9-,12+/m0/s1. The molecule has 6 nitrogen and oxygen atoms in total. The molecule has 0 spiro atoms. The van der Waals surface area contributed by atoms with Crippen LogP contribution in [-0.4, -0.2) is 49.4 Å². The Bertz CT molecular complexity index is 619. The summed E-state index contributed by atoms with van der Waals surface area (Å²) >= 11 is 0. The second-order valence-electron chi connectivity index (χ2n) is 4.89. The molecule has 0 aliphatic carbocycles. The second kappa shape index (κ2) is 5.22. The lowest BCUT2D eigenvalue weighted by atomic mass is 10.2. The van der Waals surface area contributed by atoms with Crippen LogP contribution in [0.4, 0.5) is 5.69 Å². The van der Waals surface area contributed by atoms with Crippen molar-refractivity contribution in [1.29, 1.82) is 0 Å². The first-order valence-electron chi connectivity index (χ1n) is 6.56. The summed E-state index contributed by atoms with van der Waals surface area (Å²) in [6.07, 6.45) is 1.83. The molecule has 3 rings (SSSR count). The molecule has 20 heavy (non-hydrogen) atoms. The molecule has 0 bridgehead atoms. The summed E-state index contributed by atoms with van der Waals surface area (Å²) in [5, 5.41) is 0. The van der Waals surface area contributed by atoms with E-state index in [0.717, 1.165) is 29.8 Å². The molecule has 0 aromatic carbocycles. The Labute approximate surface area is 117 Å². The summed E-state index contributed by atoms with van der Waals surface area (Å²) in [6.45, 7) is 1.51.